The van der Waals surface area contributed by atoms with Gasteiger partial charge in [-0.1, -0.05) is 29.8 Å². The number of aryl methyl sites for hydroxylation is 1. The fourth-order valence-corrected chi connectivity index (χ4v) is 6.67. The van der Waals surface area contributed by atoms with Crippen LogP contribution in [0.25, 0.3) is 6.08 Å². The zero-order chi connectivity index (χ0) is 24.2. The standard InChI is InChI=1S/C26H35N3O4S/c1-4-33-26(32)29-12-10-20(11-13-29)27-24(30)19-8-9-22-21(16-19)28(3)25(31)23(34-22)15-18-7-5-6-17(2)14-18/h5-7,14-15,19-22H,4,8-13,16H2,1-3H3,(H,27,30)/b23-15-. The number of thioether (sulfide) groups is 1. The van der Waals surface area contributed by atoms with E-state index in [0.29, 0.717) is 31.4 Å². The van der Waals surface area contributed by atoms with Gasteiger partial charge in [0, 0.05) is 43.4 Å². The Morgan fingerprint density at radius 2 is 1.97 bits per heavy atom. The number of ether oxygens (including phenoxy) is 1. The van der Waals surface area contributed by atoms with E-state index < -0.39 is 0 Å². The second kappa shape index (κ2) is 10.8. The lowest BCUT2D eigenvalue weighted by Crippen LogP contribution is -2.53. The van der Waals surface area contributed by atoms with E-state index >= 15 is 0 Å². The van der Waals surface area contributed by atoms with Gasteiger partial charge in [-0.05, 0) is 57.6 Å². The van der Waals surface area contributed by atoms with Crippen molar-refractivity contribution in [2.75, 3.05) is 26.7 Å². The second-order valence-corrected chi connectivity index (χ2v) is 10.8. The number of nitrogens with zero attached hydrogens (tertiary/aromatic N) is 2. The van der Waals surface area contributed by atoms with Gasteiger partial charge in [-0.2, -0.15) is 0 Å². The number of likely N-dealkylation sites (tertiary alicyclic amines) is 1. The number of carbonyl (C=O) groups excluding carboxylic acids is 3. The van der Waals surface area contributed by atoms with E-state index in [-0.39, 0.29) is 35.9 Å². The van der Waals surface area contributed by atoms with Crippen LogP contribution in [-0.4, -0.2) is 71.8 Å². The second-order valence-electron chi connectivity index (χ2n) is 9.54. The van der Waals surface area contributed by atoms with Crippen molar-refractivity contribution in [3.8, 4) is 0 Å². The largest absolute Gasteiger partial charge is 0.450 e. The first-order valence-electron chi connectivity index (χ1n) is 12.3. The maximum absolute atomic E-state index is 13.1. The molecule has 184 valence electrons. The number of amides is 3. The third kappa shape index (κ3) is 5.59. The van der Waals surface area contributed by atoms with Crippen LogP contribution in [0.15, 0.2) is 29.2 Å². The number of piperidine rings is 1. The summed E-state index contributed by atoms with van der Waals surface area (Å²) in [6.45, 7) is 5.43. The molecule has 3 aliphatic rings. The number of hydrogen-bond acceptors (Lipinski definition) is 5. The Hall–Kier alpha value is -2.48. The lowest BCUT2D eigenvalue weighted by Gasteiger charge is -2.44. The van der Waals surface area contributed by atoms with Crippen LogP contribution >= 0.6 is 11.8 Å². The third-order valence-electron chi connectivity index (χ3n) is 7.14. The van der Waals surface area contributed by atoms with Gasteiger partial charge < -0.3 is 19.9 Å². The summed E-state index contributed by atoms with van der Waals surface area (Å²) < 4.78 is 5.07. The van der Waals surface area contributed by atoms with Gasteiger partial charge in [0.05, 0.1) is 11.5 Å². The van der Waals surface area contributed by atoms with E-state index in [1.54, 1.807) is 23.6 Å². The van der Waals surface area contributed by atoms with Gasteiger partial charge in [-0.3, -0.25) is 9.59 Å². The van der Waals surface area contributed by atoms with Gasteiger partial charge >= 0.3 is 6.09 Å². The van der Waals surface area contributed by atoms with Crippen molar-refractivity contribution in [1.82, 2.24) is 15.1 Å². The summed E-state index contributed by atoms with van der Waals surface area (Å²) in [5.41, 5.74) is 2.22. The van der Waals surface area contributed by atoms with Gasteiger partial charge in [0.2, 0.25) is 5.91 Å². The molecule has 3 unspecified atom stereocenters. The summed E-state index contributed by atoms with van der Waals surface area (Å²) in [4.78, 5) is 42.4. The molecule has 0 aromatic heterocycles. The van der Waals surface area contributed by atoms with Gasteiger partial charge in [0.15, 0.2) is 0 Å². The topological polar surface area (TPSA) is 79.0 Å². The molecule has 3 atom stereocenters. The molecule has 34 heavy (non-hydrogen) atoms. The molecule has 7 nitrogen and oxygen atoms in total. The summed E-state index contributed by atoms with van der Waals surface area (Å²) in [5.74, 6) is 0.0441. The minimum Gasteiger partial charge on any atom is -0.450 e. The molecule has 1 saturated carbocycles. The molecule has 0 bridgehead atoms. The van der Waals surface area contributed by atoms with Crippen molar-refractivity contribution in [2.24, 2.45) is 5.92 Å². The van der Waals surface area contributed by atoms with Gasteiger partial charge in [0.25, 0.3) is 5.91 Å². The number of nitrogens with one attached hydrogen (secondary N) is 1. The van der Waals surface area contributed by atoms with Crippen LogP contribution in [-0.2, 0) is 14.3 Å². The number of hydrogen-bond donors (Lipinski definition) is 1. The first-order chi connectivity index (χ1) is 16.4. The Morgan fingerprint density at radius 1 is 1.21 bits per heavy atom. The average molecular weight is 486 g/mol. The molecular weight excluding hydrogens is 450 g/mol. The molecule has 4 rings (SSSR count). The summed E-state index contributed by atoms with van der Waals surface area (Å²) in [6.07, 6.45) is 5.65. The quantitative estimate of drug-likeness (QED) is 0.656. The Kier molecular flexibility index (Phi) is 7.86. The first kappa shape index (κ1) is 24.6. The van der Waals surface area contributed by atoms with Gasteiger partial charge in [-0.25, -0.2) is 4.79 Å². The molecule has 2 aliphatic heterocycles. The average Bonchev–Trinajstić information content (AvgIpc) is 2.83. The van der Waals surface area contributed by atoms with E-state index in [2.05, 4.69) is 24.4 Å². The van der Waals surface area contributed by atoms with Crippen LogP contribution in [0.4, 0.5) is 4.79 Å². The maximum Gasteiger partial charge on any atom is 0.409 e. The number of carbonyl (C=O) groups is 3. The lowest BCUT2D eigenvalue weighted by atomic mass is 9.83. The fraction of sp³-hybridized carbons (Fsp3) is 0.577. The molecular formula is C26H35N3O4S. The molecule has 8 heteroatoms. The molecule has 1 N–H and O–H groups in total. The zero-order valence-corrected chi connectivity index (χ0v) is 21.1. The van der Waals surface area contributed by atoms with E-state index in [0.717, 1.165) is 36.2 Å². The minimum absolute atomic E-state index is 0.0418. The van der Waals surface area contributed by atoms with Gasteiger partial charge in [-0.15, -0.1) is 11.8 Å². The Bertz CT molecular complexity index is 957. The van der Waals surface area contributed by atoms with Crippen molar-refractivity contribution in [1.29, 1.82) is 0 Å². The maximum atomic E-state index is 13.1. The smallest absolute Gasteiger partial charge is 0.409 e. The molecule has 3 amide bonds. The Balaban J connectivity index is 1.32. The monoisotopic (exact) mass is 485 g/mol. The van der Waals surface area contributed by atoms with Crippen LogP contribution in [0.1, 0.15) is 50.2 Å². The van der Waals surface area contributed by atoms with Crippen LogP contribution in [0.2, 0.25) is 0 Å². The summed E-state index contributed by atoms with van der Waals surface area (Å²) in [7, 11) is 1.87. The Labute approximate surface area is 206 Å². The predicted molar refractivity (Wildman–Crippen MR) is 134 cm³/mol. The molecule has 2 saturated heterocycles. The highest BCUT2D eigenvalue weighted by atomic mass is 32.2. The highest BCUT2D eigenvalue weighted by molar-refractivity contribution is 8.04. The lowest BCUT2D eigenvalue weighted by molar-refractivity contribution is -0.132. The molecule has 1 aromatic rings. The minimum atomic E-state index is -0.274. The normalized spacial score (nSPS) is 26.9. The first-order valence-corrected chi connectivity index (χ1v) is 13.2. The molecule has 0 radical (unpaired) electrons. The molecule has 3 fully saturated rings. The van der Waals surface area contributed by atoms with Crippen molar-refractivity contribution in [3.05, 3.63) is 40.3 Å². The number of rotatable bonds is 4. The molecule has 1 aliphatic carbocycles. The van der Waals surface area contributed by atoms with Crippen LogP contribution in [0, 0.1) is 12.8 Å². The highest BCUT2D eigenvalue weighted by Crippen LogP contribution is 2.43. The molecule has 1 aromatic carbocycles. The highest BCUT2D eigenvalue weighted by Gasteiger charge is 2.43. The van der Waals surface area contributed by atoms with Crippen molar-refractivity contribution >= 4 is 35.7 Å². The Morgan fingerprint density at radius 3 is 2.68 bits per heavy atom. The van der Waals surface area contributed by atoms with E-state index in [1.807, 2.05) is 30.2 Å². The van der Waals surface area contributed by atoms with Crippen molar-refractivity contribution < 1.29 is 19.1 Å². The summed E-state index contributed by atoms with van der Waals surface area (Å²) in [5, 5.41) is 3.52. The third-order valence-corrected chi connectivity index (χ3v) is 8.54. The summed E-state index contributed by atoms with van der Waals surface area (Å²) >= 11 is 1.67. The molecule has 2 heterocycles. The number of likely N-dealkylation sites (N-methyl/N-ethyl adjacent to an activating group) is 1. The molecule has 0 spiro atoms. The number of fused-ring (bicyclic) bond motifs is 1. The van der Waals surface area contributed by atoms with Crippen molar-refractivity contribution in [2.45, 2.75) is 63.3 Å². The zero-order valence-electron chi connectivity index (χ0n) is 20.3. The SMILES string of the molecule is CCOC(=O)N1CCC(NC(=O)C2CCC3S/C(=C\c4cccc(C)c4)C(=O)N(C)C3C2)CC1. The van der Waals surface area contributed by atoms with E-state index in [1.165, 1.54) is 5.56 Å². The van der Waals surface area contributed by atoms with Crippen LogP contribution in [0.5, 0.6) is 0 Å². The summed E-state index contributed by atoms with van der Waals surface area (Å²) in [6, 6.07) is 8.33. The van der Waals surface area contributed by atoms with Crippen LogP contribution < -0.4 is 5.32 Å². The number of benzene rings is 1. The van der Waals surface area contributed by atoms with E-state index in [4.69, 9.17) is 4.74 Å². The fourth-order valence-electron chi connectivity index (χ4n) is 5.19. The van der Waals surface area contributed by atoms with Crippen molar-refractivity contribution in [3.63, 3.8) is 0 Å². The predicted octanol–water partition coefficient (Wildman–Crippen LogP) is 3.82. The van der Waals surface area contributed by atoms with Gasteiger partial charge in [0.1, 0.15) is 0 Å². The van der Waals surface area contributed by atoms with E-state index in [9.17, 15) is 14.4 Å². The van der Waals surface area contributed by atoms with Crippen LogP contribution in [0.3, 0.4) is 0 Å².